The van der Waals surface area contributed by atoms with Crippen LogP contribution in [0.1, 0.15) is 0 Å². The summed E-state index contributed by atoms with van der Waals surface area (Å²) < 4.78 is 25.3. The second kappa shape index (κ2) is 16.5. The summed E-state index contributed by atoms with van der Waals surface area (Å²) in [5.74, 6) is 0. The van der Waals surface area contributed by atoms with E-state index in [-0.39, 0.29) is 0 Å². The fourth-order valence-electron chi connectivity index (χ4n) is 4.63. The normalized spacial score (nSPS) is 10.4. The molecule has 0 bridgehead atoms. The second-order valence-electron chi connectivity index (χ2n) is 9.15. The molecule has 6 heteroatoms. The summed E-state index contributed by atoms with van der Waals surface area (Å²) in [6.07, 6.45) is 0. The van der Waals surface area contributed by atoms with Gasteiger partial charge in [0.2, 0.25) is 0 Å². The van der Waals surface area contributed by atoms with Gasteiger partial charge in [-0.15, -0.1) is 11.4 Å². The molecule has 2 N–H and O–H groups in total. The molecule has 0 amide bonds. The van der Waals surface area contributed by atoms with E-state index in [4.69, 9.17) is 13.3 Å². The first-order valence-corrected chi connectivity index (χ1v) is 14.5. The van der Waals surface area contributed by atoms with Crippen LogP contribution in [0.3, 0.4) is 0 Å². The van der Waals surface area contributed by atoms with Crippen LogP contribution in [0.2, 0.25) is 0 Å². The highest BCUT2D eigenvalue weighted by Gasteiger charge is 2.18. The molecule has 210 valence electrons. The Bertz CT molecular complexity index is 1280. The third kappa shape index (κ3) is 9.17. The Morgan fingerprint density at radius 1 is 0.310 bits per heavy atom. The first-order valence-electron chi connectivity index (χ1n) is 13.5. The topological polar surface area (TPSA) is 72.1 Å². The van der Waals surface area contributed by atoms with Crippen molar-refractivity contribution in [2.45, 2.75) is 0 Å². The van der Waals surface area contributed by atoms with Crippen LogP contribution >= 0.6 is 0 Å². The van der Waals surface area contributed by atoms with E-state index in [9.17, 15) is 0 Å². The first kappa shape index (κ1) is 30.3. The fraction of sp³-hybridized carbons (Fsp3) is 0. The van der Waals surface area contributed by atoms with Crippen LogP contribution in [0.5, 0.6) is 0 Å². The summed E-state index contributed by atoms with van der Waals surface area (Å²) >= 11 is -3.11. The van der Waals surface area contributed by atoms with Gasteiger partial charge in [0.1, 0.15) is 34.1 Å². The highest BCUT2D eigenvalue weighted by Crippen LogP contribution is 2.15. The minimum atomic E-state index is -3.11. The molecule has 0 aliphatic heterocycles. The maximum atomic E-state index is 8.44. The molecular weight excluding hydrogens is 540 g/mol. The van der Waals surface area contributed by atoms with Gasteiger partial charge >= 0.3 is 0 Å². The van der Waals surface area contributed by atoms with Crippen LogP contribution < -0.4 is 9.80 Å². The van der Waals surface area contributed by atoms with Crippen molar-refractivity contribution < 1.29 is 23.1 Å². The Kier molecular flexibility index (Phi) is 11.9. The van der Waals surface area contributed by atoms with Crippen molar-refractivity contribution in [2.24, 2.45) is 0 Å². The zero-order chi connectivity index (χ0) is 29.4. The Morgan fingerprint density at radius 2 is 0.429 bits per heavy atom. The summed E-state index contributed by atoms with van der Waals surface area (Å²) in [6, 6.07) is 63.3. The van der Waals surface area contributed by atoms with Crippen molar-refractivity contribution in [1.82, 2.24) is 0 Å². The van der Waals surface area contributed by atoms with Crippen molar-refractivity contribution in [3.8, 4) is 0 Å². The average Bonchev–Trinajstić information content (AvgIpc) is 3.05. The van der Waals surface area contributed by atoms with Gasteiger partial charge in [0, 0.05) is 0 Å². The van der Waals surface area contributed by atoms with E-state index in [2.05, 4.69) is 182 Å². The second-order valence-corrected chi connectivity index (χ2v) is 9.56. The predicted octanol–water partition coefficient (Wildman–Crippen LogP) is 6.73. The van der Waals surface area contributed by atoms with Gasteiger partial charge in [-0.3, -0.25) is 4.21 Å². The molecule has 6 rings (SSSR count). The summed E-state index contributed by atoms with van der Waals surface area (Å²) in [5.41, 5.74) is 7.50. The van der Waals surface area contributed by atoms with Crippen LogP contribution in [0, 0.1) is 0 Å². The van der Waals surface area contributed by atoms with Gasteiger partial charge in [0.05, 0.1) is 0 Å². The molecule has 0 heterocycles. The minimum absolute atomic E-state index is 1.25. The van der Waals surface area contributed by atoms with E-state index in [1.54, 1.807) is 0 Å². The molecule has 5 nitrogen and oxygen atoms in total. The highest BCUT2D eigenvalue weighted by atomic mass is 32.2. The molecule has 42 heavy (non-hydrogen) atoms. The van der Waals surface area contributed by atoms with Crippen molar-refractivity contribution in [3.63, 3.8) is 0 Å². The molecule has 0 atom stereocenters. The lowest BCUT2D eigenvalue weighted by Gasteiger charge is -2.18. The molecule has 0 aliphatic rings. The summed E-state index contributed by atoms with van der Waals surface area (Å²) in [6.45, 7) is 0. The number of quaternary nitrogens is 2. The van der Waals surface area contributed by atoms with Crippen LogP contribution in [-0.4, -0.2) is 13.3 Å². The standard InChI is InChI=1S/2C18H15N.H2O3S/c2*1-4-10-16(11-5-1)19(17-12-6-2-7-13-17)18-14-8-3-9-15-18;1-4(2)3/h2*1-15H;(H2,1,2,3). The molecule has 6 aromatic rings. The van der Waals surface area contributed by atoms with Gasteiger partial charge in [0.25, 0.3) is 0 Å². The van der Waals surface area contributed by atoms with E-state index in [0.29, 0.717) is 0 Å². The van der Waals surface area contributed by atoms with Crippen LogP contribution in [0.15, 0.2) is 182 Å². The molecule has 0 aliphatic carbocycles. The molecule has 0 spiro atoms. The molecular formula is C36H32N2O3S. The highest BCUT2D eigenvalue weighted by molar-refractivity contribution is 7.72. The van der Waals surface area contributed by atoms with Gasteiger partial charge < -0.3 is 9.11 Å². The zero-order valence-corrected chi connectivity index (χ0v) is 23.8. The fourth-order valence-corrected chi connectivity index (χ4v) is 4.63. The third-order valence-corrected chi connectivity index (χ3v) is 6.37. The van der Waals surface area contributed by atoms with Gasteiger partial charge in [-0.2, -0.15) is 0 Å². The average molecular weight is 573 g/mol. The third-order valence-electron chi connectivity index (χ3n) is 6.37. The SMILES string of the molecule is O=S([O-])[O-].c1ccc([NH+](c2ccccc2)c2ccccc2)cc1.c1ccc([NH+](c2ccccc2)c2ccccc2)cc1. The lowest BCUT2D eigenvalue weighted by molar-refractivity contribution is -0.681. The Labute approximate surface area is 250 Å². The van der Waals surface area contributed by atoms with E-state index in [0.717, 1.165) is 0 Å². The number of benzene rings is 6. The van der Waals surface area contributed by atoms with E-state index in [1.165, 1.54) is 43.9 Å². The van der Waals surface area contributed by atoms with Gasteiger partial charge in [-0.1, -0.05) is 109 Å². The quantitative estimate of drug-likeness (QED) is 0.218. The molecule has 6 aromatic carbocycles. The zero-order valence-electron chi connectivity index (χ0n) is 23.0. The van der Waals surface area contributed by atoms with E-state index < -0.39 is 11.4 Å². The van der Waals surface area contributed by atoms with Crippen molar-refractivity contribution in [3.05, 3.63) is 182 Å². The molecule has 0 aromatic heterocycles. The van der Waals surface area contributed by atoms with Gasteiger partial charge in [0.15, 0.2) is 0 Å². The smallest absolute Gasteiger partial charge is 0.141 e. The summed E-state index contributed by atoms with van der Waals surface area (Å²) in [5, 5.41) is 0. The van der Waals surface area contributed by atoms with Crippen LogP contribution in [0.4, 0.5) is 34.1 Å². The number of nitrogens with one attached hydrogen (secondary N) is 2. The van der Waals surface area contributed by atoms with E-state index in [1.807, 2.05) is 0 Å². The lowest BCUT2D eigenvalue weighted by Crippen LogP contribution is -2.96. The molecule has 0 saturated heterocycles. The van der Waals surface area contributed by atoms with Crippen molar-refractivity contribution in [1.29, 1.82) is 0 Å². The van der Waals surface area contributed by atoms with Crippen molar-refractivity contribution >= 4 is 45.5 Å². The summed E-state index contributed by atoms with van der Waals surface area (Å²) in [4.78, 5) is 2.56. The van der Waals surface area contributed by atoms with Gasteiger partial charge in [-0.05, 0) is 72.8 Å². The Balaban J connectivity index is 0.000000171. The van der Waals surface area contributed by atoms with Crippen molar-refractivity contribution in [2.75, 3.05) is 0 Å². The van der Waals surface area contributed by atoms with E-state index >= 15 is 0 Å². The number of para-hydroxylation sites is 6. The summed E-state index contributed by atoms with van der Waals surface area (Å²) in [7, 11) is 0. The maximum Gasteiger partial charge on any atom is 0.141 e. The minimum Gasteiger partial charge on any atom is -0.784 e. The predicted molar refractivity (Wildman–Crippen MR) is 168 cm³/mol. The largest absolute Gasteiger partial charge is 0.784 e. The molecule has 0 fully saturated rings. The number of hydrogen-bond acceptors (Lipinski definition) is 3. The Hall–Kier alpha value is -4.69. The molecule has 0 saturated carbocycles. The lowest BCUT2D eigenvalue weighted by atomic mass is 10.2. The van der Waals surface area contributed by atoms with Gasteiger partial charge in [-0.25, -0.2) is 9.80 Å². The Morgan fingerprint density at radius 3 is 0.548 bits per heavy atom. The number of rotatable bonds is 6. The van der Waals surface area contributed by atoms with Crippen LogP contribution in [-0.2, 0) is 11.4 Å². The molecule has 0 radical (unpaired) electrons. The molecule has 0 unspecified atom stereocenters. The van der Waals surface area contributed by atoms with Crippen LogP contribution in [0.25, 0.3) is 0 Å². The monoisotopic (exact) mass is 572 g/mol. The maximum absolute atomic E-state index is 8.44. The number of hydrogen-bond donors (Lipinski definition) is 2. The first-order chi connectivity index (χ1) is 20.6.